The molecule has 0 bridgehead atoms. The Morgan fingerprint density at radius 1 is 1.08 bits per heavy atom. The minimum absolute atomic E-state index is 0.209. The molecule has 0 aliphatic carbocycles. The fourth-order valence-corrected chi connectivity index (χ4v) is 3.18. The van der Waals surface area contributed by atoms with Crippen molar-refractivity contribution < 1.29 is 13.6 Å². The van der Waals surface area contributed by atoms with Crippen LogP contribution in [-0.2, 0) is 0 Å². The van der Waals surface area contributed by atoms with Crippen LogP contribution in [0.3, 0.4) is 0 Å². The standard InChI is InChI=1S/C17H10F2N4OS/c18-11-8-14-15(9-12(11)19)25-17(20-14)21-16(24)13-6-7-23(22-13)10-4-2-1-3-5-10/h1-9H,(H,20,21,24). The van der Waals surface area contributed by atoms with Crippen molar-refractivity contribution in [3.05, 3.63) is 72.1 Å². The zero-order valence-corrected chi connectivity index (χ0v) is 13.4. The second-order valence-corrected chi connectivity index (χ2v) is 6.22. The number of fused-ring (bicyclic) bond motifs is 1. The summed E-state index contributed by atoms with van der Waals surface area (Å²) < 4.78 is 28.5. The number of thiazole rings is 1. The van der Waals surface area contributed by atoms with E-state index in [1.54, 1.807) is 16.9 Å². The highest BCUT2D eigenvalue weighted by Crippen LogP contribution is 2.28. The number of carbonyl (C=O) groups is 1. The van der Waals surface area contributed by atoms with E-state index in [1.807, 2.05) is 30.3 Å². The molecule has 2 aromatic carbocycles. The van der Waals surface area contributed by atoms with Gasteiger partial charge in [0, 0.05) is 12.3 Å². The van der Waals surface area contributed by atoms with Crippen LogP contribution >= 0.6 is 11.3 Å². The first-order valence-electron chi connectivity index (χ1n) is 7.28. The van der Waals surface area contributed by atoms with Gasteiger partial charge >= 0.3 is 0 Å². The molecule has 25 heavy (non-hydrogen) atoms. The van der Waals surface area contributed by atoms with Crippen LogP contribution in [-0.4, -0.2) is 20.7 Å². The Balaban J connectivity index is 1.57. The molecule has 2 heterocycles. The van der Waals surface area contributed by atoms with E-state index < -0.39 is 17.5 Å². The molecule has 0 saturated heterocycles. The second-order valence-electron chi connectivity index (χ2n) is 5.19. The molecule has 4 rings (SSSR count). The molecule has 0 unspecified atom stereocenters. The SMILES string of the molecule is O=C(Nc1nc2cc(F)c(F)cc2s1)c1ccn(-c2ccccc2)n1. The van der Waals surface area contributed by atoms with E-state index in [0.29, 0.717) is 4.70 Å². The van der Waals surface area contributed by atoms with E-state index in [4.69, 9.17) is 0 Å². The minimum Gasteiger partial charge on any atom is -0.296 e. The summed E-state index contributed by atoms with van der Waals surface area (Å²) >= 11 is 1.06. The van der Waals surface area contributed by atoms with Crippen molar-refractivity contribution in [3.63, 3.8) is 0 Å². The third-order valence-corrected chi connectivity index (χ3v) is 4.43. The van der Waals surface area contributed by atoms with E-state index in [1.165, 1.54) is 0 Å². The maximum atomic E-state index is 13.3. The Morgan fingerprint density at radius 3 is 2.64 bits per heavy atom. The number of para-hydroxylation sites is 1. The Morgan fingerprint density at radius 2 is 1.84 bits per heavy atom. The molecule has 0 atom stereocenters. The number of amides is 1. The summed E-state index contributed by atoms with van der Waals surface area (Å²) in [7, 11) is 0. The van der Waals surface area contributed by atoms with Crippen molar-refractivity contribution in [1.82, 2.24) is 14.8 Å². The lowest BCUT2D eigenvalue weighted by Gasteiger charge is -2.00. The predicted octanol–water partition coefficient (Wildman–Crippen LogP) is 4.01. The van der Waals surface area contributed by atoms with Gasteiger partial charge in [-0.2, -0.15) is 5.10 Å². The van der Waals surface area contributed by atoms with E-state index in [0.717, 1.165) is 29.2 Å². The first-order chi connectivity index (χ1) is 12.1. The number of carbonyl (C=O) groups excluding carboxylic acids is 1. The number of halogens is 2. The average molecular weight is 356 g/mol. The number of rotatable bonds is 3. The van der Waals surface area contributed by atoms with Crippen molar-refractivity contribution in [3.8, 4) is 5.69 Å². The monoisotopic (exact) mass is 356 g/mol. The van der Waals surface area contributed by atoms with Crippen LogP contribution in [0.4, 0.5) is 13.9 Å². The van der Waals surface area contributed by atoms with Crippen LogP contribution in [0, 0.1) is 11.6 Å². The van der Waals surface area contributed by atoms with Gasteiger partial charge in [0.05, 0.1) is 15.9 Å². The second kappa shape index (κ2) is 6.06. The molecular weight excluding hydrogens is 346 g/mol. The number of nitrogens with zero attached hydrogens (tertiary/aromatic N) is 3. The van der Waals surface area contributed by atoms with Crippen molar-refractivity contribution in [2.45, 2.75) is 0 Å². The molecule has 0 radical (unpaired) electrons. The molecule has 124 valence electrons. The molecule has 1 N–H and O–H groups in total. The molecule has 5 nitrogen and oxygen atoms in total. The molecule has 0 saturated carbocycles. The highest BCUT2D eigenvalue weighted by atomic mass is 32.1. The van der Waals surface area contributed by atoms with Gasteiger partial charge in [0.2, 0.25) is 0 Å². The van der Waals surface area contributed by atoms with Gasteiger partial charge in [-0.25, -0.2) is 18.4 Å². The van der Waals surface area contributed by atoms with Crippen LogP contribution in [0.5, 0.6) is 0 Å². The van der Waals surface area contributed by atoms with E-state index >= 15 is 0 Å². The van der Waals surface area contributed by atoms with Crippen molar-refractivity contribution in [2.75, 3.05) is 5.32 Å². The van der Waals surface area contributed by atoms with Gasteiger partial charge in [-0.1, -0.05) is 29.5 Å². The summed E-state index contributed by atoms with van der Waals surface area (Å²) in [4.78, 5) is 16.4. The first kappa shape index (κ1) is 15.4. The van der Waals surface area contributed by atoms with Crippen molar-refractivity contribution in [2.24, 2.45) is 0 Å². The van der Waals surface area contributed by atoms with Gasteiger partial charge in [-0.15, -0.1) is 0 Å². The Labute approximate surface area is 144 Å². The largest absolute Gasteiger partial charge is 0.296 e. The van der Waals surface area contributed by atoms with Gasteiger partial charge in [-0.05, 0) is 24.3 Å². The maximum absolute atomic E-state index is 13.3. The number of benzene rings is 2. The fourth-order valence-electron chi connectivity index (χ4n) is 2.31. The van der Waals surface area contributed by atoms with Gasteiger partial charge in [-0.3, -0.25) is 10.1 Å². The molecule has 0 spiro atoms. The normalized spacial score (nSPS) is 11.0. The van der Waals surface area contributed by atoms with E-state index in [9.17, 15) is 13.6 Å². The van der Waals surface area contributed by atoms with Gasteiger partial charge in [0.25, 0.3) is 5.91 Å². The quantitative estimate of drug-likeness (QED) is 0.603. The number of hydrogen-bond donors (Lipinski definition) is 1. The van der Waals surface area contributed by atoms with Gasteiger partial charge in [0.15, 0.2) is 22.5 Å². The highest BCUT2D eigenvalue weighted by molar-refractivity contribution is 7.22. The minimum atomic E-state index is -0.975. The van der Waals surface area contributed by atoms with Crippen LogP contribution in [0.15, 0.2) is 54.7 Å². The van der Waals surface area contributed by atoms with Gasteiger partial charge < -0.3 is 0 Å². The lowest BCUT2D eigenvalue weighted by Crippen LogP contribution is -2.12. The summed E-state index contributed by atoms with van der Waals surface area (Å²) in [6.45, 7) is 0. The third-order valence-electron chi connectivity index (χ3n) is 3.49. The number of anilines is 1. The topological polar surface area (TPSA) is 59.8 Å². The summed E-state index contributed by atoms with van der Waals surface area (Å²) in [5.74, 6) is -2.37. The first-order valence-corrected chi connectivity index (χ1v) is 8.10. The van der Waals surface area contributed by atoms with E-state index in [-0.39, 0.29) is 16.3 Å². The van der Waals surface area contributed by atoms with Crippen LogP contribution < -0.4 is 5.32 Å². The third kappa shape index (κ3) is 2.99. The lowest BCUT2D eigenvalue weighted by molar-refractivity contribution is 0.102. The summed E-state index contributed by atoms with van der Waals surface area (Å²) in [5, 5.41) is 7.07. The summed E-state index contributed by atoms with van der Waals surface area (Å²) in [6, 6.07) is 13.0. The summed E-state index contributed by atoms with van der Waals surface area (Å²) in [6.07, 6.45) is 1.67. The van der Waals surface area contributed by atoms with E-state index in [2.05, 4.69) is 15.4 Å². The Bertz CT molecular complexity index is 1040. The molecule has 0 aliphatic heterocycles. The van der Waals surface area contributed by atoms with Crippen LogP contribution in [0.25, 0.3) is 15.9 Å². The molecule has 4 aromatic rings. The molecular formula is C17H10F2N4OS. The van der Waals surface area contributed by atoms with Crippen molar-refractivity contribution in [1.29, 1.82) is 0 Å². The Kier molecular flexibility index (Phi) is 3.73. The molecule has 0 fully saturated rings. The molecule has 8 heteroatoms. The van der Waals surface area contributed by atoms with Gasteiger partial charge in [0.1, 0.15) is 0 Å². The maximum Gasteiger partial charge on any atom is 0.277 e. The average Bonchev–Trinajstić information content (AvgIpc) is 3.23. The highest BCUT2D eigenvalue weighted by Gasteiger charge is 2.14. The number of nitrogens with one attached hydrogen (secondary N) is 1. The zero-order valence-electron chi connectivity index (χ0n) is 12.6. The summed E-state index contributed by atoms with van der Waals surface area (Å²) in [5.41, 5.74) is 1.32. The van der Waals surface area contributed by atoms with Crippen LogP contribution in [0.1, 0.15) is 10.5 Å². The van der Waals surface area contributed by atoms with Crippen LogP contribution in [0.2, 0.25) is 0 Å². The molecule has 1 amide bonds. The number of hydrogen-bond acceptors (Lipinski definition) is 4. The smallest absolute Gasteiger partial charge is 0.277 e. The fraction of sp³-hybridized carbons (Fsp3) is 0. The molecule has 0 aliphatic rings. The Hall–Kier alpha value is -3.13. The molecule has 2 aromatic heterocycles. The number of aromatic nitrogens is 3. The zero-order chi connectivity index (χ0) is 17.4. The lowest BCUT2D eigenvalue weighted by atomic mass is 10.3. The van der Waals surface area contributed by atoms with Crippen molar-refractivity contribution >= 4 is 32.6 Å². The predicted molar refractivity (Wildman–Crippen MR) is 91.1 cm³/mol.